The summed E-state index contributed by atoms with van der Waals surface area (Å²) in [7, 11) is 1.66. The molecule has 0 aliphatic rings. The van der Waals surface area contributed by atoms with E-state index in [9.17, 15) is 0 Å². The van der Waals surface area contributed by atoms with Crippen LogP contribution in [0.2, 0.25) is 0 Å². The number of methoxy groups -OCH3 is 1. The molecule has 0 saturated heterocycles. The average Bonchev–Trinajstić information content (AvgIpc) is 1.90. The molecule has 0 saturated carbocycles. The first kappa shape index (κ1) is 6.66. The molecule has 0 heterocycles. The SMILES string of the molecule is COc1ccc([Se+])cc1. The van der Waals surface area contributed by atoms with Crippen molar-refractivity contribution in [2.75, 3.05) is 7.11 Å². The summed E-state index contributed by atoms with van der Waals surface area (Å²) in [5, 5.41) is 0. The van der Waals surface area contributed by atoms with Gasteiger partial charge >= 0.3 is 62.3 Å². The number of rotatable bonds is 1. The molecule has 0 spiro atoms. The number of ether oxygens (including phenoxy) is 1. The van der Waals surface area contributed by atoms with Gasteiger partial charge in [0.2, 0.25) is 0 Å². The average molecular weight is 186 g/mol. The topological polar surface area (TPSA) is 9.23 Å². The van der Waals surface area contributed by atoms with Crippen LogP contribution in [0.25, 0.3) is 0 Å². The summed E-state index contributed by atoms with van der Waals surface area (Å²) in [6, 6.07) is 7.79. The third kappa shape index (κ3) is 1.74. The minimum absolute atomic E-state index is 0.897. The maximum absolute atomic E-state index is 4.96. The van der Waals surface area contributed by atoms with Crippen molar-refractivity contribution in [2.24, 2.45) is 0 Å². The minimum atomic E-state index is 0.897. The predicted molar refractivity (Wildman–Crippen MR) is 38.4 cm³/mol. The van der Waals surface area contributed by atoms with Gasteiger partial charge in [0.05, 0.1) is 0 Å². The van der Waals surface area contributed by atoms with Crippen LogP contribution in [-0.4, -0.2) is 23.1 Å². The van der Waals surface area contributed by atoms with E-state index in [0.29, 0.717) is 0 Å². The molecule has 9 heavy (non-hydrogen) atoms. The molecular weight excluding hydrogens is 179 g/mol. The normalized spacial score (nSPS) is 9.00. The first-order valence-corrected chi connectivity index (χ1v) is 3.49. The summed E-state index contributed by atoms with van der Waals surface area (Å²) in [5.74, 6) is 0.897. The van der Waals surface area contributed by atoms with Crippen molar-refractivity contribution in [3.8, 4) is 5.75 Å². The van der Waals surface area contributed by atoms with E-state index in [0.717, 1.165) is 10.2 Å². The summed E-state index contributed by atoms with van der Waals surface area (Å²) in [6.45, 7) is 0. The van der Waals surface area contributed by atoms with Crippen LogP contribution in [0.5, 0.6) is 5.75 Å². The van der Waals surface area contributed by atoms with Crippen molar-refractivity contribution >= 4 is 20.5 Å². The Morgan fingerprint density at radius 2 is 1.78 bits per heavy atom. The second-order valence-electron chi connectivity index (χ2n) is 1.68. The van der Waals surface area contributed by atoms with Crippen molar-refractivity contribution < 1.29 is 4.74 Å². The van der Waals surface area contributed by atoms with Crippen LogP contribution in [0.3, 0.4) is 0 Å². The number of hydrogen-bond donors (Lipinski definition) is 0. The second kappa shape index (κ2) is 2.90. The molecule has 2 radical (unpaired) electrons. The van der Waals surface area contributed by atoms with Gasteiger partial charge in [0.15, 0.2) is 0 Å². The van der Waals surface area contributed by atoms with Crippen molar-refractivity contribution in [3.05, 3.63) is 24.3 Å². The molecule has 0 fully saturated rings. The molecular formula is C7H7OSe+. The molecule has 46 valence electrons. The van der Waals surface area contributed by atoms with E-state index in [1.54, 1.807) is 7.11 Å². The van der Waals surface area contributed by atoms with Gasteiger partial charge in [0.25, 0.3) is 0 Å². The van der Waals surface area contributed by atoms with Gasteiger partial charge in [-0.3, -0.25) is 0 Å². The summed E-state index contributed by atoms with van der Waals surface area (Å²) >= 11 is 2.90. The molecule has 0 amide bonds. The molecule has 0 aromatic heterocycles. The molecule has 0 aliphatic carbocycles. The molecule has 0 N–H and O–H groups in total. The zero-order chi connectivity index (χ0) is 6.69. The molecule has 1 aromatic rings. The van der Waals surface area contributed by atoms with E-state index in [1.165, 1.54) is 0 Å². The zero-order valence-corrected chi connectivity index (χ0v) is 6.84. The summed E-state index contributed by atoms with van der Waals surface area (Å²) in [5.41, 5.74) is 0. The van der Waals surface area contributed by atoms with Crippen LogP contribution in [0.4, 0.5) is 0 Å². The van der Waals surface area contributed by atoms with Crippen LogP contribution in [-0.2, 0) is 0 Å². The van der Waals surface area contributed by atoms with Crippen LogP contribution in [0.1, 0.15) is 0 Å². The molecule has 2 heteroatoms. The third-order valence-electron chi connectivity index (χ3n) is 1.06. The summed E-state index contributed by atoms with van der Waals surface area (Å²) in [6.07, 6.45) is 0. The van der Waals surface area contributed by atoms with Crippen molar-refractivity contribution in [3.63, 3.8) is 0 Å². The second-order valence-corrected chi connectivity index (χ2v) is 2.66. The van der Waals surface area contributed by atoms with Crippen molar-refractivity contribution in [1.82, 2.24) is 0 Å². The quantitative estimate of drug-likeness (QED) is 0.580. The van der Waals surface area contributed by atoms with Crippen LogP contribution >= 0.6 is 0 Å². The Labute approximate surface area is 62.8 Å². The fraction of sp³-hybridized carbons (Fsp3) is 0.143. The van der Waals surface area contributed by atoms with E-state index in [4.69, 9.17) is 4.74 Å². The van der Waals surface area contributed by atoms with E-state index in [-0.39, 0.29) is 0 Å². The fourth-order valence-electron chi connectivity index (χ4n) is 0.576. The third-order valence-corrected chi connectivity index (χ3v) is 1.63. The van der Waals surface area contributed by atoms with Crippen molar-refractivity contribution in [2.45, 2.75) is 0 Å². The summed E-state index contributed by atoms with van der Waals surface area (Å²) < 4.78 is 6.09. The van der Waals surface area contributed by atoms with Gasteiger partial charge in [-0.1, -0.05) is 0 Å². The monoisotopic (exact) mass is 187 g/mol. The Morgan fingerprint density at radius 3 is 2.22 bits per heavy atom. The molecule has 1 aromatic carbocycles. The number of hydrogen-bond acceptors (Lipinski definition) is 1. The first-order chi connectivity index (χ1) is 4.33. The molecule has 0 atom stereocenters. The summed E-state index contributed by atoms with van der Waals surface area (Å²) in [4.78, 5) is 0. The Balaban J connectivity index is 2.88. The van der Waals surface area contributed by atoms with Crippen molar-refractivity contribution in [1.29, 1.82) is 0 Å². The van der Waals surface area contributed by atoms with Gasteiger partial charge in [-0.15, -0.1) is 0 Å². The maximum atomic E-state index is 4.96. The molecule has 1 nitrogen and oxygen atoms in total. The van der Waals surface area contributed by atoms with Gasteiger partial charge in [0.1, 0.15) is 0 Å². The van der Waals surface area contributed by atoms with E-state index in [1.807, 2.05) is 24.3 Å². The molecule has 0 aliphatic heterocycles. The molecule has 0 unspecified atom stereocenters. The zero-order valence-electron chi connectivity index (χ0n) is 5.13. The standard InChI is InChI=1S/C7H7OSe/c1-8-6-2-4-7(9)5-3-6/h2-5H,1H3/q+1. The first-order valence-electron chi connectivity index (χ1n) is 2.64. The van der Waals surface area contributed by atoms with Gasteiger partial charge in [0, 0.05) is 0 Å². The Bertz CT molecular complexity index is 181. The Hall–Kier alpha value is -0.461. The van der Waals surface area contributed by atoms with Gasteiger partial charge in [-0.25, -0.2) is 0 Å². The van der Waals surface area contributed by atoms with Crippen LogP contribution in [0, 0.1) is 0 Å². The Kier molecular flexibility index (Phi) is 2.15. The Morgan fingerprint density at radius 1 is 1.22 bits per heavy atom. The molecule has 0 bridgehead atoms. The van der Waals surface area contributed by atoms with Gasteiger partial charge in [-0.05, 0) is 0 Å². The van der Waals surface area contributed by atoms with Gasteiger partial charge < -0.3 is 0 Å². The molecule has 1 rings (SSSR count). The van der Waals surface area contributed by atoms with Crippen LogP contribution < -0.4 is 9.20 Å². The van der Waals surface area contributed by atoms with Crippen LogP contribution in [0.15, 0.2) is 24.3 Å². The van der Waals surface area contributed by atoms with E-state index >= 15 is 0 Å². The predicted octanol–water partition coefficient (Wildman–Crippen LogP) is 0.489. The number of benzene rings is 1. The fourth-order valence-corrected chi connectivity index (χ4v) is 0.861. The van der Waals surface area contributed by atoms with E-state index < -0.39 is 0 Å². The van der Waals surface area contributed by atoms with E-state index in [2.05, 4.69) is 16.0 Å². The van der Waals surface area contributed by atoms with Gasteiger partial charge in [-0.2, -0.15) is 0 Å².